The summed E-state index contributed by atoms with van der Waals surface area (Å²) in [6.45, 7) is 3.62. The number of ether oxygens (including phenoxy) is 2. The van der Waals surface area contributed by atoms with Gasteiger partial charge in [-0.25, -0.2) is 4.79 Å². The smallest absolute Gasteiger partial charge is 0.344 e. The molecule has 0 aromatic heterocycles. The number of nitrogens with two attached hydrogens (primary N) is 1. The van der Waals surface area contributed by atoms with E-state index >= 15 is 0 Å². The van der Waals surface area contributed by atoms with Crippen LogP contribution in [0.1, 0.15) is 32.3 Å². The van der Waals surface area contributed by atoms with Crippen LogP contribution in [0.15, 0.2) is 18.2 Å². The Morgan fingerprint density at radius 3 is 2.52 bits per heavy atom. The predicted octanol–water partition coefficient (Wildman–Crippen LogP) is 3.42. The lowest BCUT2D eigenvalue weighted by Gasteiger charge is -2.28. The normalized spacial score (nSPS) is 19.4. The average Bonchev–Trinajstić information content (AvgIpc) is 2.62. The largest absolute Gasteiger partial charge is 0.480 e. The lowest BCUT2D eigenvalue weighted by Crippen LogP contribution is -2.34. The molecular weight excluding hydrogens is 393 g/mol. The first-order valence-electron chi connectivity index (χ1n) is 8.61. The van der Waals surface area contributed by atoms with Gasteiger partial charge in [0.15, 0.2) is 12.4 Å². The Balaban J connectivity index is 2.32. The number of hydrogen-bond donors (Lipinski definition) is 1. The highest BCUT2D eigenvalue weighted by Gasteiger charge is 2.34. The first-order chi connectivity index (χ1) is 12.8. The summed E-state index contributed by atoms with van der Waals surface area (Å²) in [4.78, 5) is 35.2. The van der Waals surface area contributed by atoms with Crippen LogP contribution in [0.5, 0.6) is 5.75 Å². The lowest BCUT2D eigenvalue weighted by molar-refractivity contribution is -0.145. The van der Waals surface area contributed by atoms with Gasteiger partial charge in [0, 0.05) is 0 Å². The number of carbonyl (C=O) groups is 3. The number of hydrogen-bond acceptors (Lipinski definition) is 5. The molecule has 1 aromatic carbocycles. The summed E-state index contributed by atoms with van der Waals surface area (Å²) in [7, 11) is 0. The minimum Gasteiger partial charge on any atom is -0.480 e. The zero-order valence-corrected chi connectivity index (χ0v) is 16.6. The van der Waals surface area contributed by atoms with E-state index in [4.69, 9.17) is 38.4 Å². The molecule has 1 aliphatic carbocycles. The van der Waals surface area contributed by atoms with Gasteiger partial charge in [-0.3, -0.25) is 9.59 Å². The molecule has 0 aliphatic heterocycles. The van der Waals surface area contributed by atoms with Crippen LogP contribution in [0, 0.1) is 11.8 Å². The molecule has 146 valence electrons. The van der Waals surface area contributed by atoms with E-state index in [9.17, 15) is 14.4 Å². The Bertz CT molecular complexity index is 791. The van der Waals surface area contributed by atoms with Crippen molar-refractivity contribution < 1.29 is 23.9 Å². The van der Waals surface area contributed by atoms with E-state index in [1.807, 2.05) is 6.92 Å². The fraction of sp³-hybridized carbons (Fsp3) is 0.421. The molecule has 2 N–H and O–H groups in total. The molecule has 2 rings (SSSR count). The van der Waals surface area contributed by atoms with Crippen molar-refractivity contribution in [3.63, 3.8) is 0 Å². The fourth-order valence-electron chi connectivity index (χ4n) is 3.05. The number of carbonyl (C=O) groups excluding carboxylic acids is 3. The molecule has 1 amide bonds. The van der Waals surface area contributed by atoms with Crippen LogP contribution in [0.4, 0.5) is 0 Å². The number of benzene rings is 1. The van der Waals surface area contributed by atoms with Crippen molar-refractivity contribution in [1.82, 2.24) is 0 Å². The maximum absolute atomic E-state index is 12.3. The Kier molecular flexibility index (Phi) is 7.27. The number of ketones is 1. The molecule has 2 atom stereocenters. The number of allylic oxidation sites excluding steroid dienone is 2. The summed E-state index contributed by atoms with van der Waals surface area (Å²) in [5, 5.41) is 0.353. The van der Waals surface area contributed by atoms with E-state index in [0.717, 1.165) is 0 Å². The molecular formula is C19H21Cl2NO5. The zero-order chi connectivity index (χ0) is 20.1. The van der Waals surface area contributed by atoms with Gasteiger partial charge in [0.05, 0.1) is 11.6 Å². The van der Waals surface area contributed by atoms with Crippen molar-refractivity contribution >= 4 is 46.4 Å². The van der Waals surface area contributed by atoms with Crippen molar-refractivity contribution in [3.8, 4) is 5.75 Å². The van der Waals surface area contributed by atoms with Gasteiger partial charge in [0.25, 0.3) is 0 Å². The van der Waals surface area contributed by atoms with E-state index in [1.54, 1.807) is 19.1 Å². The highest BCUT2D eigenvalue weighted by molar-refractivity contribution is 6.44. The van der Waals surface area contributed by atoms with Crippen LogP contribution >= 0.6 is 23.2 Å². The van der Waals surface area contributed by atoms with Crippen LogP contribution < -0.4 is 10.5 Å². The van der Waals surface area contributed by atoms with Crippen LogP contribution in [-0.4, -0.2) is 30.9 Å². The Morgan fingerprint density at radius 1 is 1.22 bits per heavy atom. The van der Waals surface area contributed by atoms with Gasteiger partial charge in [-0.15, -0.1) is 0 Å². The first-order valence-corrected chi connectivity index (χ1v) is 9.37. The molecule has 0 saturated carbocycles. The lowest BCUT2D eigenvalue weighted by atomic mass is 9.76. The Labute approximate surface area is 167 Å². The first kappa shape index (κ1) is 21.3. The maximum Gasteiger partial charge on any atom is 0.344 e. The molecule has 6 nitrogen and oxygen atoms in total. The molecule has 0 spiro atoms. The molecule has 0 saturated heterocycles. The Morgan fingerprint density at radius 2 is 1.93 bits per heavy atom. The predicted molar refractivity (Wildman–Crippen MR) is 103 cm³/mol. The molecule has 27 heavy (non-hydrogen) atoms. The topological polar surface area (TPSA) is 95.7 Å². The highest BCUT2D eigenvalue weighted by atomic mass is 35.5. The summed E-state index contributed by atoms with van der Waals surface area (Å²) in [5.74, 6) is -2.11. The molecule has 8 heteroatoms. The van der Waals surface area contributed by atoms with Crippen molar-refractivity contribution in [2.45, 2.75) is 26.7 Å². The van der Waals surface area contributed by atoms with Crippen LogP contribution in [0.25, 0.3) is 5.57 Å². The second kappa shape index (κ2) is 9.24. The second-order valence-electron chi connectivity index (χ2n) is 6.13. The number of halogens is 2. The average molecular weight is 414 g/mol. The second-order valence-corrected chi connectivity index (χ2v) is 6.89. The summed E-state index contributed by atoms with van der Waals surface area (Å²) >= 11 is 12.7. The van der Waals surface area contributed by atoms with Crippen molar-refractivity contribution in [3.05, 3.63) is 33.8 Å². The number of primary amides is 1. The number of amides is 1. The van der Waals surface area contributed by atoms with E-state index < -0.39 is 17.8 Å². The molecule has 1 aliphatic rings. The summed E-state index contributed by atoms with van der Waals surface area (Å²) in [5.41, 5.74) is 6.62. The molecule has 2 unspecified atom stereocenters. The third kappa shape index (κ3) is 4.82. The quantitative estimate of drug-likeness (QED) is 0.545. The summed E-state index contributed by atoms with van der Waals surface area (Å²) in [6.07, 6.45) is 2.47. The van der Waals surface area contributed by atoms with E-state index in [2.05, 4.69) is 0 Å². The SMILES string of the molecule is CCOC(=O)COc1ccc(C2=CC(=O)C(C(N)=O)CC2CC)c(Cl)c1Cl. The van der Waals surface area contributed by atoms with Crippen molar-refractivity contribution in [2.24, 2.45) is 17.6 Å². The van der Waals surface area contributed by atoms with Crippen molar-refractivity contribution in [1.29, 1.82) is 0 Å². The van der Waals surface area contributed by atoms with Gasteiger partial charge in [0.2, 0.25) is 5.91 Å². The Hall–Kier alpha value is -2.05. The summed E-state index contributed by atoms with van der Waals surface area (Å²) in [6, 6.07) is 3.27. The van der Waals surface area contributed by atoms with Gasteiger partial charge in [-0.2, -0.15) is 0 Å². The van der Waals surface area contributed by atoms with Gasteiger partial charge in [0.1, 0.15) is 16.7 Å². The third-order valence-corrected chi connectivity index (χ3v) is 5.31. The van der Waals surface area contributed by atoms with Crippen LogP contribution in [0.2, 0.25) is 10.0 Å². The molecule has 0 heterocycles. The van der Waals surface area contributed by atoms with Crippen molar-refractivity contribution in [2.75, 3.05) is 13.2 Å². The summed E-state index contributed by atoms with van der Waals surface area (Å²) < 4.78 is 10.2. The van der Waals surface area contributed by atoms with Crippen LogP contribution in [-0.2, 0) is 19.1 Å². The molecule has 0 fully saturated rings. The monoisotopic (exact) mass is 413 g/mol. The van der Waals surface area contributed by atoms with E-state index in [0.29, 0.717) is 24.0 Å². The fourth-order valence-corrected chi connectivity index (χ4v) is 3.53. The molecule has 1 aromatic rings. The van der Waals surface area contributed by atoms with Gasteiger partial charge < -0.3 is 15.2 Å². The van der Waals surface area contributed by atoms with Gasteiger partial charge in [-0.05, 0) is 55.0 Å². The number of rotatable bonds is 7. The highest BCUT2D eigenvalue weighted by Crippen LogP contribution is 2.43. The van der Waals surface area contributed by atoms with E-state index in [-0.39, 0.29) is 40.7 Å². The van der Waals surface area contributed by atoms with Gasteiger partial charge in [-0.1, -0.05) is 30.1 Å². The molecule has 0 bridgehead atoms. The standard InChI is InChI=1S/C19H21Cl2NO5/c1-3-10-7-13(19(22)25)14(23)8-12(10)11-5-6-15(18(21)17(11)20)27-9-16(24)26-4-2/h5-6,8,10,13H,3-4,7,9H2,1-2H3,(H2,22,25). The number of esters is 1. The van der Waals surface area contributed by atoms with Gasteiger partial charge >= 0.3 is 5.97 Å². The molecule has 0 radical (unpaired) electrons. The minimum absolute atomic E-state index is 0.0555. The van der Waals surface area contributed by atoms with E-state index in [1.165, 1.54) is 6.08 Å². The minimum atomic E-state index is -0.819. The third-order valence-electron chi connectivity index (χ3n) is 4.45. The van der Waals surface area contributed by atoms with Crippen LogP contribution in [0.3, 0.4) is 0 Å². The maximum atomic E-state index is 12.3. The zero-order valence-electron chi connectivity index (χ0n) is 15.1.